The van der Waals surface area contributed by atoms with Crippen molar-refractivity contribution in [3.8, 4) is 0 Å². The number of β-amino-alcohol motifs (C(OH)–C–C–N with tert-alkyl or cyclic N) is 1. The fourth-order valence-corrected chi connectivity index (χ4v) is 3.43. The Kier molecular flexibility index (Phi) is 4.10. The predicted molar refractivity (Wildman–Crippen MR) is 82.0 cm³/mol. The maximum absolute atomic E-state index is 13.2. The highest BCUT2D eigenvalue weighted by molar-refractivity contribution is 6.07. The van der Waals surface area contributed by atoms with Gasteiger partial charge in [-0.3, -0.25) is 9.69 Å². The molecular weight excluding hydrogens is 299 g/mol. The number of rotatable bonds is 3. The second-order valence-corrected chi connectivity index (χ2v) is 6.68. The molecule has 1 heterocycles. The number of nitrogens with one attached hydrogen (secondary N) is 1. The Labute approximate surface area is 134 Å². The minimum absolute atomic E-state index is 0.161. The highest BCUT2D eigenvalue weighted by atomic mass is 19.1. The van der Waals surface area contributed by atoms with Gasteiger partial charge in [-0.15, -0.1) is 0 Å². The average molecular weight is 320 g/mol. The van der Waals surface area contributed by atoms with Gasteiger partial charge in [0, 0.05) is 0 Å². The van der Waals surface area contributed by atoms with Crippen molar-refractivity contribution in [2.75, 3.05) is 6.54 Å². The monoisotopic (exact) mass is 320 g/mol. The predicted octanol–water partition coefficient (Wildman–Crippen LogP) is 2.36. The topological polar surface area (TPSA) is 69.6 Å². The van der Waals surface area contributed by atoms with Gasteiger partial charge in [-0.2, -0.15) is 0 Å². The Bertz CT molecular complexity index is 626. The number of hydrogen-bond acceptors (Lipinski definition) is 3. The van der Waals surface area contributed by atoms with Crippen LogP contribution in [0.5, 0.6) is 0 Å². The largest absolute Gasteiger partial charge is 0.387 e. The molecule has 1 aromatic rings. The third-order valence-electron chi connectivity index (χ3n) is 4.96. The van der Waals surface area contributed by atoms with Crippen LogP contribution in [0.25, 0.3) is 0 Å². The molecule has 1 saturated heterocycles. The highest BCUT2D eigenvalue weighted by Crippen LogP contribution is 2.36. The minimum atomic E-state index is -1.10. The third-order valence-corrected chi connectivity index (χ3v) is 4.96. The van der Waals surface area contributed by atoms with E-state index in [1.165, 1.54) is 18.2 Å². The maximum Gasteiger partial charge on any atom is 0.325 e. The van der Waals surface area contributed by atoms with Crippen molar-refractivity contribution in [1.82, 2.24) is 10.2 Å². The maximum atomic E-state index is 13.2. The van der Waals surface area contributed by atoms with Crippen LogP contribution in [0.2, 0.25) is 0 Å². The van der Waals surface area contributed by atoms with Gasteiger partial charge >= 0.3 is 6.03 Å². The molecule has 23 heavy (non-hydrogen) atoms. The first kappa shape index (κ1) is 15.9. The van der Waals surface area contributed by atoms with Crippen LogP contribution in [0, 0.1) is 11.7 Å². The number of amides is 3. The zero-order valence-corrected chi connectivity index (χ0v) is 13.1. The number of carbonyl (C=O) groups is 2. The molecule has 1 spiro atoms. The first-order chi connectivity index (χ1) is 10.9. The summed E-state index contributed by atoms with van der Waals surface area (Å²) in [6.07, 6.45) is 1.95. The highest BCUT2D eigenvalue weighted by Gasteiger charge is 2.52. The second-order valence-electron chi connectivity index (χ2n) is 6.68. The smallest absolute Gasteiger partial charge is 0.325 e. The minimum Gasteiger partial charge on any atom is -0.387 e. The number of hydrogen-bond donors (Lipinski definition) is 2. The lowest BCUT2D eigenvalue weighted by Crippen LogP contribution is -2.49. The van der Waals surface area contributed by atoms with E-state index in [9.17, 15) is 19.1 Å². The molecule has 1 saturated carbocycles. The van der Waals surface area contributed by atoms with Crippen LogP contribution in [0.15, 0.2) is 24.3 Å². The van der Waals surface area contributed by atoms with Gasteiger partial charge in [0.2, 0.25) is 0 Å². The summed E-state index contributed by atoms with van der Waals surface area (Å²) in [6, 6.07) is 5.08. The number of aliphatic hydroxyl groups excluding tert-OH is 1. The molecule has 2 fully saturated rings. The van der Waals surface area contributed by atoms with Gasteiger partial charge in [-0.25, -0.2) is 9.18 Å². The summed E-state index contributed by atoms with van der Waals surface area (Å²) < 4.78 is 13.2. The van der Waals surface area contributed by atoms with Crippen molar-refractivity contribution in [3.05, 3.63) is 35.6 Å². The van der Waals surface area contributed by atoms with Gasteiger partial charge in [-0.1, -0.05) is 19.1 Å². The van der Waals surface area contributed by atoms with Gasteiger partial charge in [-0.05, 0) is 49.3 Å². The first-order valence-corrected chi connectivity index (χ1v) is 7.99. The van der Waals surface area contributed by atoms with E-state index >= 15 is 0 Å². The Morgan fingerprint density at radius 2 is 2.09 bits per heavy atom. The van der Waals surface area contributed by atoms with Crippen molar-refractivity contribution in [1.29, 1.82) is 0 Å². The van der Waals surface area contributed by atoms with Gasteiger partial charge < -0.3 is 10.4 Å². The lowest BCUT2D eigenvalue weighted by Gasteiger charge is -2.33. The molecule has 0 radical (unpaired) electrons. The number of carbonyl (C=O) groups excluding carboxylic acids is 2. The Morgan fingerprint density at radius 1 is 1.39 bits per heavy atom. The van der Waals surface area contributed by atoms with Gasteiger partial charge in [0.15, 0.2) is 0 Å². The Hall–Kier alpha value is -1.95. The molecule has 3 amide bonds. The second kappa shape index (κ2) is 5.92. The van der Waals surface area contributed by atoms with Crippen LogP contribution < -0.4 is 5.32 Å². The quantitative estimate of drug-likeness (QED) is 0.840. The first-order valence-electron chi connectivity index (χ1n) is 7.99. The van der Waals surface area contributed by atoms with E-state index in [0.717, 1.165) is 17.7 Å². The molecular formula is C17H21FN2O3. The summed E-state index contributed by atoms with van der Waals surface area (Å²) in [7, 11) is 0. The SMILES string of the molecule is CC1CCC2(CC1)NC(=O)N(CC(O)c1cccc(F)c1)C2=O. The van der Waals surface area contributed by atoms with Gasteiger partial charge in [0.05, 0.1) is 12.6 Å². The van der Waals surface area contributed by atoms with Crippen molar-refractivity contribution in [2.45, 2.75) is 44.2 Å². The van der Waals surface area contributed by atoms with Crippen molar-refractivity contribution in [2.24, 2.45) is 5.92 Å². The van der Waals surface area contributed by atoms with Crippen LogP contribution in [-0.4, -0.2) is 34.0 Å². The Balaban J connectivity index is 1.73. The van der Waals surface area contributed by atoms with Gasteiger partial charge in [0.25, 0.3) is 5.91 Å². The van der Waals surface area contributed by atoms with E-state index in [-0.39, 0.29) is 12.5 Å². The fourth-order valence-electron chi connectivity index (χ4n) is 3.43. The van der Waals surface area contributed by atoms with E-state index in [1.54, 1.807) is 6.07 Å². The summed E-state index contributed by atoms with van der Waals surface area (Å²) in [5.41, 5.74) is -0.463. The number of halogens is 1. The number of urea groups is 1. The zero-order valence-electron chi connectivity index (χ0n) is 13.1. The molecule has 1 aliphatic heterocycles. The average Bonchev–Trinajstić information content (AvgIpc) is 2.75. The molecule has 2 N–H and O–H groups in total. The Morgan fingerprint density at radius 3 is 2.74 bits per heavy atom. The molecule has 5 nitrogen and oxygen atoms in total. The van der Waals surface area contributed by atoms with Gasteiger partial charge in [0.1, 0.15) is 11.4 Å². The van der Waals surface area contributed by atoms with E-state index in [0.29, 0.717) is 24.3 Å². The lowest BCUT2D eigenvalue weighted by molar-refractivity contribution is -0.133. The summed E-state index contributed by atoms with van der Waals surface area (Å²) in [5, 5.41) is 13.0. The molecule has 1 aliphatic carbocycles. The normalized spacial score (nSPS) is 29.0. The van der Waals surface area contributed by atoms with Crippen LogP contribution in [-0.2, 0) is 4.79 Å². The van der Waals surface area contributed by atoms with Crippen LogP contribution in [0.1, 0.15) is 44.3 Å². The number of imide groups is 1. The van der Waals surface area contributed by atoms with Crippen molar-refractivity contribution < 1.29 is 19.1 Å². The van der Waals surface area contributed by atoms with Crippen LogP contribution in [0.3, 0.4) is 0 Å². The van der Waals surface area contributed by atoms with Crippen LogP contribution >= 0.6 is 0 Å². The van der Waals surface area contributed by atoms with E-state index in [4.69, 9.17) is 0 Å². The van der Waals surface area contributed by atoms with Crippen LogP contribution in [0.4, 0.5) is 9.18 Å². The summed E-state index contributed by atoms with van der Waals surface area (Å²) in [4.78, 5) is 25.9. The van der Waals surface area contributed by atoms with E-state index < -0.39 is 23.5 Å². The summed E-state index contributed by atoms with van der Waals surface area (Å²) in [5.74, 6) is -0.182. The summed E-state index contributed by atoms with van der Waals surface area (Å²) >= 11 is 0. The lowest BCUT2D eigenvalue weighted by atomic mass is 9.77. The number of nitrogens with zero attached hydrogens (tertiary/aromatic N) is 1. The third kappa shape index (κ3) is 2.95. The van der Waals surface area contributed by atoms with E-state index in [1.807, 2.05) is 0 Å². The van der Waals surface area contributed by atoms with E-state index in [2.05, 4.69) is 12.2 Å². The van der Waals surface area contributed by atoms with Crippen molar-refractivity contribution >= 4 is 11.9 Å². The molecule has 1 aromatic carbocycles. The van der Waals surface area contributed by atoms with Crippen molar-refractivity contribution in [3.63, 3.8) is 0 Å². The molecule has 1 unspecified atom stereocenters. The molecule has 6 heteroatoms. The summed E-state index contributed by atoms with van der Waals surface area (Å²) in [6.45, 7) is 1.98. The molecule has 124 valence electrons. The number of aliphatic hydroxyl groups is 1. The number of benzene rings is 1. The molecule has 0 aromatic heterocycles. The molecule has 0 bridgehead atoms. The standard InChI is InChI=1S/C17H21FN2O3/c1-11-5-7-17(8-6-11)15(22)20(16(23)19-17)10-14(21)12-3-2-4-13(18)9-12/h2-4,9,11,14,21H,5-8,10H2,1H3,(H,19,23). The molecule has 3 rings (SSSR count). The molecule has 2 aliphatic rings. The fraction of sp³-hybridized carbons (Fsp3) is 0.529. The molecule has 1 atom stereocenters. The zero-order chi connectivity index (χ0) is 16.6.